The van der Waals surface area contributed by atoms with Gasteiger partial charge in [0.2, 0.25) is 0 Å². The monoisotopic (exact) mass is 507 g/mol. The van der Waals surface area contributed by atoms with Crippen molar-refractivity contribution in [1.82, 2.24) is 10.6 Å². The number of hydrogen-bond donors (Lipinski definition) is 2. The molecule has 1 unspecified atom stereocenters. The average Bonchev–Trinajstić information content (AvgIpc) is 3.27. The first-order valence-corrected chi connectivity index (χ1v) is 9.96. The van der Waals surface area contributed by atoms with Gasteiger partial charge in [0.05, 0.1) is 13.2 Å². The molecular formula is C20H31ClIN3O2. The summed E-state index contributed by atoms with van der Waals surface area (Å²) in [7, 11) is 1.81. The van der Waals surface area contributed by atoms with Gasteiger partial charge in [0.25, 0.3) is 0 Å². The fourth-order valence-electron chi connectivity index (χ4n) is 3.34. The van der Waals surface area contributed by atoms with Crippen LogP contribution in [0.3, 0.4) is 0 Å². The molecule has 1 aromatic rings. The molecule has 1 aliphatic heterocycles. The van der Waals surface area contributed by atoms with E-state index in [4.69, 9.17) is 21.1 Å². The van der Waals surface area contributed by atoms with Crippen LogP contribution in [0.1, 0.15) is 31.2 Å². The quantitative estimate of drug-likeness (QED) is 0.232. The van der Waals surface area contributed by atoms with Gasteiger partial charge < -0.3 is 20.1 Å². The van der Waals surface area contributed by atoms with Crippen molar-refractivity contribution in [3.05, 3.63) is 34.9 Å². The second-order valence-corrected chi connectivity index (χ2v) is 7.73. The van der Waals surface area contributed by atoms with Crippen molar-refractivity contribution in [3.63, 3.8) is 0 Å². The van der Waals surface area contributed by atoms with Crippen LogP contribution in [0.2, 0.25) is 5.02 Å². The van der Waals surface area contributed by atoms with E-state index in [2.05, 4.69) is 27.8 Å². The molecule has 2 fully saturated rings. The number of nitrogens with zero attached hydrogens (tertiary/aromatic N) is 1. The van der Waals surface area contributed by atoms with Crippen LogP contribution in [0.15, 0.2) is 29.3 Å². The molecule has 1 aliphatic carbocycles. The van der Waals surface area contributed by atoms with Gasteiger partial charge in [-0.3, -0.25) is 4.99 Å². The molecular weight excluding hydrogens is 477 g/mol. The summed E-state index contributed by atoms with van der Waals surface area (Å²) in [5, 5.41) is 7.63. The SMILES string of the molecule is CN=C(NCCCOCC1CCOC1)NCC1(c2ccc(Cl)cc2)CC1.I. The highest BCUT2D eigenvalue weighted by molar-refractivity contribution is 14.0. The standard InChI is InChI=1S/C20H30ClN3O2.HI/c1-22-19(23-10-2-11-25-13-16-7-12-26-14-16)24-15-20(8-9-20)17-3-5-18(21)6-4-17;/h3-6,16H,2,7-15H2,1H3,(H2,22,23,24);1H. The predicted molar refractivity (Wildman–Crippen MR) is 122 cm³/mol. The Morgan fingerprint density at radius 1 is 1.30 bits per heavy atom. The summed E-state index contributed by atoms with van der Waals surface area (Å²) in [6, 6.07) is 8.23. The van der Waals surface area contributed by atoms with Crippen molar-refractivity contribution in [2.45, 2.75) is 31.1 Å². The highest BCUT2D eigenvalue weighted by Crippen LogP contribution is 2.47. The van der Waals surface area contributed by atoms with E-state index in [1.807, 2.05) is 19.2 Å². The van der Waals surface area contributed by atoms with Gasteiger partial charge in [-0.2, -0.15) is 0 Å². The van der Waals surface area contributed by atoms with E-state index in [1.165, 1.54) is 18.4 Å². The molecule has 1 saturated carbocycles. The van der Waals surface area contributed by atoms with E-state index in [1.54, 1.807) is 0 Å². The lowest BCUT2D eigenvalue weighted by molar-refractivity contribution is 0.0888. The fourth-order valence-corrected chi connectivity index (χ4v) is 3.47. The summed E-state index contributed by atoms with van der Waals surface area (Å²) in [4.78, 5) is 4.32. The third-order valence-electron chi connectivity index (χ3n) is 5.26. The Morgan fingerprint density at radius 3 is 2.70 bits per heavy atom. The molecule has 1 saturated heterocycles. The lowest BCUT2D eigenvalue weighted by Gasteiger charge is -2.19. The first-order valence-electron chi connectivity index (χ1n) is 9.58. The van der Waals surface area contributed by atoms with Crippen LogP contribution in [-0.2, 0) is 14.9 Å². The second-order valence-electron chi connectivity index (χ2n) is 7.30. The Labute approximate surface area is 184 Å². The van der Waals surface area contributed by atoms with Crippen LogP contribution in [0, 0.1) is 5.92 Å². The third kappa shape index (κ3) is 7.07. The molecule has 27 heavy (non-hydrogen) atoms. The molecule has 2 aliphatic rings. The molecule has 0 aromatic heterocycles. The molecule has 0 radical (unpaired) electrons. The van der Waals surface area contributed by atoms with Crippen LogP contribution < -0.4 is 10.6 Å². The number of benzene rings is 1. The van der Waals surface area contributed by atoms with Crippen molar-refractivity contribution in [2.75, 3.05) is 46.6 Å². The van der Waals surface area contributed by atoms with E-state index in [0.29, 0.717) is 5.92 Å². The first-order chi connectivity index (χ1) is 12.7. The van der Waals surface area contributed by atoms with E-state index in [9.17, 15) is 0 Å². The smallest absolute Gasteiger partial charge is 0.191 e. The van der Waals surface area contributed by atoms with Gasteiger partial charge in [-0.05, 0) is 43.4 Å². The van der Waals surface area contributed by atoms with E-state index >= 15 is 0 Å². The van der Waals surface area contributed by atoms with Gasteiger partial charge in [0.1, 0.15) is 0 Å². The topological polar surface area (TPSA) is 54.9 Å². The van der Waals surface area contributed by atoms with Crippen molar-refractivity contribution < 1.29 is 9.47 Å². The fraction of sp³-hybridized carbons (Fsp3) is 0.650. The Hall–Kier alpha value is -0.570. The van der Waals surface area contributed by atoms with Crippen LogP contribution >= 0.6 is 35.6 Å². The highest BCUT2D eigenvalue weighted by atomic mass is 127. The number of guanidine groups is 1. The molecule has 2 N–H and O–H groups in total. The zero-order valence-electron chi connectivity index (χ0n) is 16.0. The summed E-state index contributed by atoms with van der Waals surface area (Å²) >= 11 is 6.00. The summed E-state index contributed by atoms with van der Waals surface area (Å²) in [6.45, 7) is 5.08. The molecule has 1 atom stereocenters. The number of aliphatic imine (C=N–C) groups is 1. The largest absolute Gasteiger partial charge is 0.381 e. The van der Waals surface area contributed by atoms with Gasteiger partial charge in [-0.15, -0.1) is 24.0 Å². The average molecular weight is 508 g/mol. The number of rotatable bonds is 9. The lowest BCUT2D eigenvalue weighted by Crippen LogP contribution is -2.41. The number of ether oxygens (including phenoxy) is 2. The normalized spacial score (nSPS) is 20.8. The van der Waals surface area contributed by atoms with Gasteiger partial charge in [-0.1, -0.05) is 23.7 Å². The Kier molecular flexibility index (Phi) is 9.62. The van der Waals surface area contributed by atoms with E-state index in [-0.39, 0.29) is 29.4 Å². The summed E-state index contributed by atoms with van der Waals surface area (Å²) in [5.74, 6) is 1.44. The van der Waals surface area contributed by atoms with Crippen molar-refractivity contribution >= 4 is 41.5 Å². The lowest BCUT2D eigenvalue weighted by atomic mass is 9.96. The van der Waals surface area contributed by atoms with Crippen molar-refractivity contribution in [2.24, 2.45) is 10.9 Å². The third-order valence-corrected chi connectivity index (χ3v) is 5.52. The second kappa shape index (κ2) is 11.4. The molecule has 3 rings (SSSR count). The van der Waals surface area contributed by atoms with Crippen LogP contribution in [0.5, 0.6) is 0 Å². The minimum Gasteiger partial charge on any atom is -0.381 e. The number of halogens is 2. The number of nitrogens with one attached hydrogen (secondary N) is 2. The zero-order chi connectivity index (χ0) is 18.2. The summed E-state index contributed by atoms with van der Waals surface area (Å²) in [5.41, 5.74) is 1.59. The molecule has 0 amide bonds. The van der Waals surface area contributed by atoms with Crippen molar-refractivity contribution in [1.29, 1.82) is 0 Å². The number of hydrogen-bond acceptors (Lipinski definition) is 3. The minimum absolute atomic E-state index is 0. The van der Waals surface area contributed by atoms with Gasteiger partial charge in [0.15, 0.2) is 5.96 Å². The van der Waals surface area contributed by atoms with Crippen LogP contribution in [0.25, 0.3) is 0 Å². The molecule has 5 nitrogen and oxygen atoms in total. The maximum Gasteiger partial charge on any atom is 0.191 e. The molecule has 1 heterocycles. The van der Waals surface area contributed by atoms with Crippen molar-refractivity contribution in [3.8, 4) is 0 Å². The minimum atomic E-state index is 0. The maximum absolute atomic E-state index is 6.00. The Bertz CT molecular complexity index is 587. The first kappa shape index (κ1) is 22.7. The molecule has 7 heteroatoms. The highest BCUT2D eigenvalue weighted by Gasteiger charge is 2.44. The molecule has 1 aromatic carbocycles. The van der Waals surface area contributed by atoms with Gasteiger partial charge in [0, 0.05) is 49.7 Å². The van der Waals surface area contributed by atoms with Gasteiger partial charge >= 0.3 is 0 Å². The molecule has 152 valence electrons. The van der Waals surface area contributed by atoms with E-state index in [0.717, 1.165) is 63.3 Å². The van der Waals surface area contributed by atoms with Crippen LogP contribution in [0.4, 0.5) is 0 Å². The van der Waals surface area contributed by atoms with Gasteiger partial charge in [-0.25, -0.2) is 0 Å². The summed E-state index contributed by atoms with van der Waals surface area (Å²) < 4.78 is 11.1. The maximum atomic E-state index is 6.00. The molecule has 0 spiro atoms. The van der Waals surface area contributed by atoms with E-state index < -0.39 is 0 Å². The molecule has 0 bridgehead atoms. The Morgan fingerprint density at radius 2 is 2.07 bits per heavy atom. The zero-order valence-corrected chi connectivity index (χ0v) is 19.1. The summed E-state index contributed by atoms with van der Waals surface area (Å²) in [6.07, 6.45) is 4.51. The predicted octanol–water partition coefficient (Wildman–Crippen LogP) is 3.60. The Balaban J connectivity index is 0.00000261. The van der Waals surface area contributed by atoms with Crippen LogP contribution in [-0.4, -0.2) is 52.5 Å².